The molecule has 1 saturated heterocycles. The van der Waals surface area contributed by atoms with E-state index in [0.29, 0.717) is 0 Å². The molecule has 2 heterocycles. The number of aliphatic hydroxyl groups is 1. The average molecular weight is 330 g/mol. The molecule has 1 aromatic rings. The van der Waals surface area contributed by atoms with Crippen molar-refractivity contribution in [3.63, 3.8) is 0 Å². The third kappa shape index (κ3) is 3.63. The highest BCUT2D eigenvalue weighted by Crippen LogP contribution is 2.34. The van der Waals surface area contributed by atoms with Crippen molar-refractivity contribution in [2.45, 2.75) is 38.4 Å². The highest BCUT2D eigenvalue weighted by atomic mass is 16.7. The number of imidazole rings is 1. The lowest BCUT2D eigenvalue weighted by molar-refractivity contribution is -0.394. The van der Waals surface area contributed by atoms with Crippen molar-refractivity contribution in [2.24, 2.45) is 0 Å². The standard InChI is InChI=1S/C12H15N3O8/c1-6(16)21-4-8-10(18)11(22-7(2)17)12(23-8)14-5-13-3-9(14)15(19)20/h3,5,8,10-12,18H,4H2,1-2H3/t8-,10-,11-,12-/m1/s1/i4+1. The number of carbonyl (C=O) groups excluding carboxylic acids is 2. The number of ether oxygens (including phenoxy) is 3. The Hall–Kier alpha value is -2.53. The van der Waals surface area contributed by atoms with E-state index in [1.807, 2.05) is 0 Å². The molecule has 2 rings (SSSR count). The summed E-state index contributed by atoms with van der Waals surface area (Å²) in [5.41, 5.74) is 0. The summed E-state index contributed by atoms with van der Waals surface area (Å²) in [5, 5.41) is 21.2. The molecular formula is C12H15N3O8. The molecule has 1 aliphatic rings. The predicted octanol–water partition coefficient (Wildman–Crippen LogP) is -0.456. The molecule has 0 aliphatic carbocycles. The van der Waals surface area contributed by atoms with E-state index in [2.05, 4.69) is 4.98 Å². The minimum Gasteiger partial charge on any atom is -0.463 e. The van der Waals surface area contributed by atoms with Gasteiger partial charge >= 0.3 is 17.8 Å². The molecule has 1 aromatic heterocycles. The lowest BCUT2D eigenvalue weighted by Gasteiger charge is -2.18. The molecule has 1 fully saturated rings. The molecule has 0 spiro atoms. The predicted molar refractivity (Wildman–Crippen MR) is 71.0 cm³/mol. The smallest absolute Gasteiger partial charge is 0.344 e. The molecule has 0 aromatic carbocycles. The molecule has 23 heavy (non-hydrogen) atoms. The van der Waals surface area contributed by atoms with Crippen LogP contribution >= 0.6 is 0 Å². The van der Waals surface area contributed by atoms with E-state index in [0.717, 1.165) is 24.0 Å². The van der Waals surface area contributed by atoms with Gasteiger partial charge in [-0.25, -0.2) is 4.98 Å². The Morgan fingerprint density at radius 3 is 2.74 bits per heavy atom. The first-order chi connectivity index (χ1) is 10.8. The number of aliphatic hydroxyl groups excluding tert-OH is 1. The Balaban J connectivity index is 2.27. The Labute approximate surface area is 129 Å². The topological polar surface area (TPSA) is 143 Å². The number of aromatic nitrogens is 2. The molecule has 4 atom stereocenters. The molecule has 1 aliphatic heterocycles. The van der Waals surface area contributed by atoms with Crippen molar-refractivity contribution in [1.29, 1.82) is 0 Å². The lowest BCUT2D eigenvalue weighted by atomic mass is 10.2. The second-order valence-corrected chi connectivity index (χ2v) is 4.85. The van der Waals surface area contributed by atoms with Crippen LogP contribution in [0.15, 0.2) is 12.5 Å². The number of nitro groups is 1. The maximum atomic E-state index is 11.2. The summed E-state index contributed by atoms with van der Waals surface area (Å²) in [7, 11) is 0. The van der Waals surface area contributed by atoms with Crippen LogP contribution in [0.1, 0.15) is 20.1 Å². The highest BCUT2D eigenvalue weighted by molar-refractivity contribution is 5.66. The van der Waals surface area contributed by atoms with Gasteiger partial charge < -0.3 is 29.4 Å². The molecule has 0 bridgehead atoms. The van der Waals surface area contributed by atoms with Crippen LogP contribution in [0.25, 0.3) is 0 Å². The first-order valence-electron chi connectivity index (χ1n) is 6.61. The van der Waals surface area contributed by atoms with Crippen LogP contribution in [0.2, 0.25) is 0 Å². The molecule has 126 valence electrons. The average Bonchev–Trinajstić information content (AvgIpc) is 3.03. The largest absolute Gasteiger partial charge is 0.463 e. The zero-order valence-electron chi connectivity index (χ0n) is 12.3. The summed E-state index contributed by atoms with van der Waals surface area (Å²) in [4.78, 5) is 36.1. The second-order valence-electron chi connectivity index (χ2n) is 4.85. The summed E-state index contributed by atoms with van der Waals surface area (Å²) in [6.07, 6.45) is -2.58. The molecule has 11 nitrogen and oxygen atoms in total. The minimum absolute atomic E-state index is 0.284. The summed E-state index contributed by atoms with van der Waals surface area (Å²) in [6, 6.07) is 0. The van der Waals surface area contributed by atoms with Crippen LogP contribution in [0, 0.1) is 10.1 Å². The monoisotopic (exact) mass is 330 g/mol. The van der Waals surface area contributed by atoms with Crippen molar-refractivity contribution >= 4 is 17.8 Å². The fourth-order valence-electron chi connectivity index (χ4n) is 2.23. The number of hydrogen-bond acceptors (Lipinski definition) is 9. The van der Waals surface area contributed by atoms with Crippen LogP contribution < -0.4 is 0 Å². The van der Waals surface area contributed by atoms with E-state index in [-0.39, 0.29) is 6.61 Å². The second kappa shape index (κ2) is 6.71. The number of esters is 2. The third-order valence-corrected chi connectivity index (χ3v) is 3.17. The SMILES string of the molecule is CC(=O)O[13CH2][C@H]1O[C@@H](n2cncc2[N+](=O)[O-])[C@H](OC(C)=O)[C@@H]1O. The number of rotatable bonds is 5. The van der Waals surface area contributed by atoms with E-state index in [4.69, 9.17) is 14.2 Å². The Kier molecular flexibility index (Phi) is 4.91. The Morgan fingerprint density at radius 2 is 2.17 bits per heavy atom. The minimum atomic E-state index is -1.33. The van der Waals surface area contributed by atoms with Crippen LogP contribution in [-0.4, -0.2) is 56.4 Å². The van der Waals surface area contributed by atoms with Crippen molar-refractivity contribution in [3.05, 3.63) is 22.6 Å². The van der Waals surface area contributed by atoms with Crippen LogP contribution in [0.3, 0.4) is 0 Å². The van der Waals surface area contributed by atoms with Gasteiger partial charge in [-0.05, 0) is 4.92 Å². The van der Waals surface area contributed by atoms with Gasteiger partial charge in [-0.3, -0.25) is 9.59 Å². The van der Waals surface area contributed by atoms with E-state index < -0.39 is 47.2 Å². The van der Waals surface area contributed by atoms with Gasteiger partial charge in [0.05, 0.1) is 0 Å². The van der Waals surface area contributed by atoms with Crippen molar-refractivity contribution < 1.29 is 33.8 Å². The van der Waals surface area contributed by atoms with Gasteiger partial charge in [0.25, 0.3) is 0 Å². The molecule has 0 amide bonds. The quantitative estimate of drug-likeness (QED) is 0.328. The van der Waals surface area contributed by atoms with E-state index in [1.54, 1.807) is 0 Å². The molecule has 1 N–H and O–H groups in total. The highest BCUT2D eigenvalue weighted by Gasteiger charge is 2.51. The zero-order chi connectivity index (χ0) is 17.1. The number of hydrogen-bond donors (Lipinski definition) is 1. The summed E-state index contributed by atoms with van der Waals surface area (Å²) in [5.74, 6) is -1.67. The normalized spacial score (nSPS) is 26.7. The molecule has 0 radical (unpaired) electrons. The van der Waals surface area contributed by atoms with Crippen LogP contribution in [-0.2, 0) is 23.8 Å². The molecular weight excluding hydrogens is 315 g/mol. The fraction of sp³-hybridized carbons (Fsp3) is 0.583. The van der Waals surface area contributed by atoms with E-state index >= 15 is 0 Å². The van der Waals surface area contributed by atoms with Gasteiger partial charge in [0, 0.05) is 13.8 Å². The van der Waals surface area contributed by atoms with Gasteiger partial charge in [-0.15, -0.1) is 0 Å². The fourth-order valence-corrected chi connectivity index (χ4v) is 2.23. The van der Waals surface area contributed by atoms with Gasteiger partial charge in [0.1, 0.15) is 25.0 Å². The molecule has 0 unspecified atom stereocenters. The van der Waals surface area contributed by atoms with Gasteiger partial charge in [-0.1, -0.05) is 0 Å². The summed E-state index contributed by atoms with van der Waals surface area (Å²) in [6.45, 7) is 2.03. The zero-order valence-corrected chi connectivity index (χ0v) is 12.3. The third-order valence-electron chi connectivity index (χ3n) is 3.17. The van der Waals surface area contributed by atoms with Gasteiger partial charge in [0.15, 0.2) is 12.4 Å². The number of carbonyl (C=O) groups is 2. The van der Waals surface area contributed by atoms with Gasteiger partial charge in [0.2, 0.25) is 6.23 Å². The van der Waals surface area contributed by atoms with Crippen LogP contribution in [0.4, 0.5) is 5.82 Å². The van der Waals surface area contributed by atoms with Crippen molar-refractivity contribution in [2.75, 3.05) is 6.61 Å². The summed E-state index contributed by atoms with van der Waals surface area (Å²) < 4.78 is 16.3. The molecule has 11 heteroatoms. The first-order valence-corrected chi connectivity index (χ1v) is 6.61. The Bertz CT molecular complexity index is 615. The first kappa shape index (κ1) is 16.8. The van der Waals surface area contributed by atoms with Crippen LogP contribution in [0.5, 0.6) is 0 Å². The van der Waals surface area contributed by atoms with E-state index in [9.17, 15) is 24.8 Å². The van der Waals surface area contributed by atoms with Crippen molar-refractivity contribution in [3.8, 4) is 0 Å². The van der Waals surface area contributed by atoms with E-state index in [1.165, 1.54) is 6.92 Å². The summed E-state index contributed by atoms with van der Waals surface area (Å²) >= 11 is 0. The molecule has 0 saturated carbocycles. The van der Waals surface area contributed by atoms with Gasteiger partial charge in [-0.2, -0.15) is 4.57 Å². The number of nitrogens with zero attached hydrogens (tertiary/aromatic N) is 3. The lowest BCUT2D eigenvalue weighted by Crippen LogP contribution is -2.37. The maximum Gasteiger partial charge on any atom is 0.344 e. The Morgan fingerprint density at radius 1 is 1.48 bits per heavy atom. The maximum absolute atomic E-state index is 11.2. The van der Waals surface area contributed by atoms with Crippen molar-refractivity contribution in [1.82, 2.24) is 9.55 Å².